The van der Waals surface area contributed by atoms with Crippen molar-refractivity contribution in [2.24, 2.45) is 17.4 Å². The number of aliphatic hydroxyl groups is 2. The number of phenolic OH excluding ortho intramolecular Hbond substituents is 4. The molecule has 5 aromatic carbocycles. The summed E-state index contributed by atoms with van der Waals surface area (Å²) in [5, 5.41) is 97.0. The molecule has 28 nitrogen and oxygen atoms in total. The Bertz CT molecular complexity index is 3720. The predicted octanol–water partition coefficient (Wildman–Crippen LogP) is 2.63. The van der Waals surface area contributed by atoms with Crippen LogP contribution in [0.4, 0.5) is 0 Å². The van der Waals surface area contributed by atoms with E-state index in [9.17, 15) is 54.9 Å². The summed E-state index contributed by atoms with van der Waals surface area (Å²) in [6, 6.07) is 0.804. The van der Waals surface area contributed by atoms with Crippen LogP contribution in [0.25, 0.3) is 11.1 Å². The standard InChI is InChI=1S/C60H65Cl2N9O19/c1-22(2)12-33(65-5)53(79)70-47-49(76)25-7-10-37(31(61)14-25)88-39-16-27-17-40(50(39)77)89-38-11-8-26(15-32(38)62)51(90-42-21-60(4,64)52(78)23(3)87-42)48-58(84)69-46(59(85)86)30-18-28(72)19-36(74)43(30)29-13-24(6-9-35(29)73)44(55(81)71-48)68-56(82)45(27)67-54(80)34(20-41(63)75)66-57(47)83/h6-11,13-19,22-23,33-34,42,44-49,51-52,65,72-74,76-78H,12,20-21,64H2,1-5H3,(H2,63,75)(H,66,83)(H,67,80)(H,68,82)(H,69,84)(H,70,79)(H,71,81)(H,85,86)/t23-,33+,34-,42-,44+,45+,46+,47+,48-,49+,51+,52-,60-/m0/s1. The van der Waals surface area contributed by atoms with Crippen molar-refractivity contribution in [3.63, 3.8) is 0 Å². The third kappa shape index (κ3) is 13.7. The average Bonchev–Trinajstić information content (AvgIpc) is 0.826. The minimum absolute atomic E-state index is 0.0478. The summed E-state index contributed by atoms with van der Waals surface area (Å²) < 4.78 is 25.1. The van der Waals surface area contributed by atoms with Crippen LogP contribution >= 0.6 is 23.2 Å². The van der Waals surface area contributed by atoms with E-state index in [2.05, 4.69) is 37.2 Å². The largest absolute Gasteiger partial charge is 0.508 e. The van der Waals surface area contributed by atoms with Gasteiger partial charge in [-0.2, -0.15) is 0 Å². The number of primary amides is 1. The van der Waals surface area contributed by atoms with Crippen LogP contribution < -0.4 is 58.2 Å². The highest BCUT2D eigenvalue weighted by Crippen LogP contribution is 2.48. The first kappa shape index (κ1) is 65.4. The number of aliphatic carboxylic acids is 1. The van der Waals surface area contributed by atoms with Crippen LogP contribution in [0.5, 0.6) is 46.0 Å². The summed E-state index contributed by atoms with van der Waals surface area (Å²) >= 11 is 13.9. The number of aliphatic hydroxyl groups excluding tert-OH is 2. The van der Waals surface area contributed by atoms with Crippen LogP contribution in [0.2, 0.25) is 10.0 Å². The number of carboxylic acids is 1. The second-order valence-corrected chi connectivity index (χ2v) is 23.7. The molecule has 0 spiro atoms. The first-order valence-corrected chi connectivity index (χ1v) is 28.9. The van der Waals surface area contributed by atoms with Crippen molar-refractivity contribution >= 4 is 70.5 Å². The molecule has 6 aliphatic rings. The zero-order chi connectivity index (χ0) is 65.5. The molecule has 11 bridgehead atoms. The monoisotopic (exact) mass is 1290 g/mol. The molecule has 0 aromatic heterocycles. The fourth-order valence-electron chi connectivity index (χ4n) is 11.1. The van der Waals surface area contributed by atoms with Crippen LogP contribution in [0, 0.1) is 5.92 Å². The second-order valence-electron chi connectivity index (χ2n) is 22.9. The van der Waals surface area contributed by atoms with E-state index < -0.39 is 183 Å². The molecule has 0 radical (unpaired) electrons. The lowest BCUT2D eigenvalue weighted by Gasteiger charge is -2.44. The number of fused-ring (bicyclic) bond motifs is 15. The van der Waals surface area contributed by atoms with Gasteiger partial charge in [0.2, 0.25) is 47.1 Å². The highest BCUT2D eigenvalue weighted by atomic mass is 35.5. The Hall–Kier alpha value is -9.00. The van der Waals surface area contributed by atoms with Crippen molar-refractivity contribution < 1.29 is 93.0 Å². The summed E-state index contributed by atoms with van der Waals surface area (Å²) in [6.07, 6.45) is -8.53. The molecule has 6 aliphatic heterocycles. The maximum absolute atomic E-state index is 15.7. The molecule has 0 aliphatic carbocycles. The molecule has 30 heteroatoms. The number of likely N-dealkylation sites (N-methyl/N-ethyl adjacent to an activating group) is 1. The van der Waals surface area contributed by atoms with E-state index in [-0.39, 0.29) is 62.6 Å². The molecule has 0 unspecified atom stereocenters. The van der Waals surface area contributed by atoms with Gasteiger partial charge in [-0.1, -0.05) is 55.2 Å². The Kier molecular flexibility index (Phi) is 19.1. The summed E-state index contributed by atoms with van der Waals surface area (Å²) in [6.45, 7) is 6.67. The lowest BCUT2D eigenvalue weighted by atomic mass is 9.86. The topological polar surface area (TPSA) is 451 Å². The number of hydrogen-bond acceptors (Lipinski definition) is 20. The molecule has 13 atom stereocenters. The van der Waals surface area contributed by atoms with Gasteiger partial charge in [-0.3, -0.25) is 33.6 Å². The maximum atomic E-state index is 15.7. The van der Waals surface area contributed by atoms with Crippen LogP contribution in [0.1, 0.15) is 105 Å². The number of carbonyl (C=O) groups is 8. The van der Waals surface area contributed by atoms with Crippen molar-refractivity contribution in [1.29, 1.82) is 0 Å². The predicted molar refractivity (Wildman–Crippen MR) is 317 cm³/mol. The van der Waals surface area contributed by atoms with E-state index in [1.54, 1.807) is 0 Å². The summed E-state index contributed by atoms with van der Waals surface area (Å²) in [4.78, 5) is 116. The molecule has 90 heavy (non-hydrogen) atoms. The van der Waals surface area contributed by atoms with E-state index in [1.807, 2.05) is 13.8 Å². The van der Waals surface area contributed by atoms with Crippen molar-refractivity contribution in [3.8, 4) is 57.1 Å². The van der Waals surface area contributed by atoms with Crippen LogP contribution in [0.15, 0.2) is 78.9 Å². The minimum Gasteiger partial charge on any atom is -0.508 e. The third-order valence-corrected chi connectivity index (χ3v) is 16.3. The van der Waals surface area contributed by atoms with E-state index in [0.29, 0.717) is 0 Å². The van der Waals surface area contributed by atoms with Gasteiger partial charge in [0, 0.05) is 34.7 Å². The summed E-state index contributed by atoms with van der Waals surface area (Å²) in [5.74, 6) is -15.1. The smallest absolute Gasteiger partial charge is 0.330 e. The number of carboxylic acid groups (broad SMARTS) is 1. The maximum Gasteiger partial charge on any atom is 0.330 e. The van der Waals surface area contributed by atoms with Crippen molar-refractivity contribution in [2.45, 2.75) is 125 Å². The Balaban J connectivity index is 1.29. The van der Waals surface area contributed by atoms with E-state index >= 15 is 19.2 Å². The lowest BCUT2D eigenvalue weighted by Crippen LogP contribution is -2.61. The van der Waals surface area contributed by atoms with Gasteiger partial charge >= 0.3 is 5.97 Å². The summed E-state index contributed by atoms with van der Waals surface area (Å²) in [7, 11) is 1.50. The number of ether oxygens (including phenoxy) is 4. The fraction of sp³-hybridized carbons (Fsp3) is 0.367. The molecular weight excluding hydrogens is 1220 g/mol. The van der Waals surface area contributed by atoms with Gasteiger partial charge in [-0.25, -0.2) is 4.79 Å². The first-order chi connectivity index (χ1) is 42.4. The quantitative estimate of drug-likeness (QED) is 0.0955. The molecular formula is C60H65Cl2N9O19. The van der Waals surface area contributed by atoms with Gasteiger partial charge in [-0.15, -0.1) is 0 Å². The SMILES string of the molecule is CN[C@H](CC(C)C)C(=O)N[C@H]1C(=O)N[C@@H](CC(N)=O)C(=O)N[C@H]2C(=O)N[C@H]3C(=O)N[C@H](C(=O)N[C@@H](C(=O)O)c4cc(O)cc(O)c4-c4cc3ccc4O)[C@H](O[C@H]3C[C@](C)(N)[C@@H](O)[C@H](C)O3)c3ccc(c(Cl)c3)Oc3cc2cc(c3O)Oc2ccc(cc2Cl)[C@H]1O. The molecule has 0 saturated carbocycles. The number of rotatable bonds is 10. The lowest BCUT2D eigenvalue weighted by molar-refractivity contribution is -0.255. The zero-order valence-corrected chi connectivity index (χ0v) is 50.1. The molecule has 7 amide bonds. The van der Waals surface area contributed by atoms with Gasteiger partial charge in [0.05, 0.1) is 34.7 Å². The minimum atomic E-state index is -2.22. The number of hydrogen-bond donors (Lipinski definition) is 16. The molecule has 5 aromatic rings. The number of benzene rings is 5. The number of halogens is 2. The van der Waals surface area contributed by atoms with Gasteiger partial charge < -0.3 is 103 Å². The van der Waals surface area contributed by atoms with Crippen LogP contribution in [-0.4, -0.2) is 138 Å². The first-order valence-electron chi connectivity index (χ1n) is 28.1. The van der Waals surface area contributed by atoms with Crippen molar-refractivity contribution in [3.05, 3.63) is 117 Å². The van der Waals surface area contributed by atoms with E-state index in [1.165, 1.54) is 57.3 Å². The number of amides is 7. The molecule has 18 N–H and O–H groups in total. The Morgan fingerprint density at radius 1 is 0.733 bits per heavy atom. The van der Waals surface area contributed by atoms with Crippen molar-refractivity contribution in [1.82, 2.24) is 37.2 Å². The molecule has 6 heterocycles. The Morgan fingerprint density at radius 3 is 1.93 bits per heavy atom. The van der Waals surface area contributed by atoms with Gasteiger partial charge in [0.1, 0.15) is 71.2 Å². The van der Waals surface area contributed by atoms with Gasteiger partial charge in [-0.05, 0) is 110 Å². The number of aromatic hydroxyl groups is 4. The molecule has 11 rings (SSSR count). The zero-order valence-electron chi connectivity index (χ0n) is 48.6. The highest BCUT2D eigenvalue weighted by molar-refractivity contribution is 6.32. The highest BCUT2D eigenvalue weighted by Gasteiger charge is 2.47. The number of nitrogens with two attached hydrogens (primary N) is 2. The molecule has 1 fully saturated rings. The van der Waals surface area contributed by atoms with Crippen LogP contribution in [0.3, 0.4) is 0 Å². The number of nitrogens with one attached hydrogen (secondary N) is 7. The number of carbonyl (C=O) groups excluding carboxylic acids is 7. The van der Waals surface area contributed by atoms with E-state index in [4.69, 9.17) is 53.6 Å². The molecule has 478 valence electrons. The Morgan fingerprint density at radius 2 is 1.33 bits per heavy atom. The normalized spacial score (nSPS) is 26.4. The fourth-order valence-corrected chi connectivity index (χ4v) is 11.6. The van der Waals surface area contributed by atoms with Gasteiger partial charge in [0.25, 0.3) is 0 Å². The van der Waals surface area contributed by atoms with E-state index in [0.717, 1.165) is 42.5 Å². The second kappa shape index (κ2) is 26.2. The van der Waals surface area contributed by atoms with Crippen LogP contribution in [-0.2, 0) is 47.8 Å². The van der Waals surface area contributed by atoms with Gasteiger partial charge in [0.15, 0.2) is 23.8 Å². The molecule has 1 saturated heterocycles. The summed E-state index contributed by atoms with van der Waals surface area (Å²) in [5.41, 5.74) is 8.57. The Labute approximate surface area is 522 Å². The average molecular weight is 1290 g/mol. The number of phenols is 4. The van der Waals surface area contributed by atoms with Crippen molar-refractivity contribution in [2.75, 3.05) is 7.05 Å². The third-order valence-electron chi connectivity index (χ3n) is 15.7.